The van der Waals surface area contributed by atoms with E-state index in [1.807, 2.05) is 19.1 Å². The molecule has 1 heterocycles. The molecule has 0 radical (unpaired) electrons. The highest BCUT2D eigenvalue weighted by Gasteiger charge is 2.26. The van der Waals surface area contributed by atoms with Crippen molar-refractivity contribution >= 4 is 44.3 Å². The maximum Gasteiger partial charge on any atom is 0.261 e. The van der Waals surface area contributed by atoms with Crippen molar-refractivity contribution in [3.8, 4) is 0 Å². The lowest BCUT2D eigenvalue weighted by molar-refractivity contribution is 0.0656. The number of nitrogens with zero attached hydrogens (tertiary/aromatic N) is 3. The molecule has 0 saturated carbocycles. The summed E-state index contributed by atoms with van der Waals surface area (Å²) in [6.45, 7) is 2.86. The molecule has 1 amide bonds. The fraction of sp³-hybridized carbons (Fsp3) is 0.318. The van der Waals surface area contributed by atoms with Crippen LogP contribution in [0.15, 0.2) is 51.7 Å². The molecule has 2 aromatic carbocycles. The Hall–Kier alpha value is -2.22. The molecule has 0 aliphatic rings. The molecule has 0 bridgehead atoms. The largest absolute Gasteiger partial charge is 0.385 e. The SMILES string of the molecule is COCCCN(C(=O)c1cccc(Br)c1)C(C)c1nc2cc(Cl)ccc2c(=O)n1C. The predicted octanol–water partition coefficient (Wildman–Crippen LogP) is 4.59. The molecule has 0 aliphatic heterocycles. The van der Waals surface area contributed by atoms with E-state index < -0.39 is 6.04 Å². The van der Waals surface area contributed by atoms with Gasteiger partial charge in [-0.15, -0.1) is 0 Å². The van der Waals surface area contributed by atoms with Crippen molar-refractivity contribution in [3.05, 3.63) is 73.7 Å². The van der Waals surface area contributed by atoms with E-state index in [9.17, 15) is 9.59 Å². The maximum atomic E-state index is 13.3. The standard InChI is InChI=1S/C22H23BrClN3O3/c1-14(20-25-19-13-17(24)8-9-18(19)22(29)26(20)2)27(10-5-11-30-3)21(28)15-6-4-7-16(23)12-15/h4,6-9,12-14H,5,10-11H2,1-3H3. The number of methoxy groups -OCH3 is 1. The third-order valence-corrected chi connectivity index (χ3v) is 5.72. The van der Waals surface area contributed by atoms with Gasteiger partial charge in [0.05, 0.1) is 16.9 Å². The third kappa shape index (κ3) is 4.74. The first-order valence-electron chi connectivity index (χ1n) is 9.55. The van der Waals surface area contributed by atoms with Crippen LogP contribution in [-0.2, 0) is 11.8 Å². The molecule has 158 valence electrons. The van der Waals surface area contributed by atoms with E-state index in [4.69, 9.17) is 16.3 Å². The van der Waals surface area contributed by atoms with E-state index in [1.165, 1.54) is 4.57 Å². The minimum absolute atomic E-state index is 0.139. The number of rotatable bonds is 7. The van der Waals surface area contributed by atoms with Gasteiger partial charge in [0.1, 0.15) is 5.82 Å². The Balaban J connectivity index is 2.06. The molecule has 1 unspecified atom stereocenters. The van der Waals surface area contributed by atoms with Gasteiger partial charge >= 0.3 is 0 Å². The van der Waals surface area contributed by atoms with E-state index in [1.54, 1.807) is 49.4 Å². The number of carbonyl (C=O) groups excluding carboxylic acids is 1. The quantitative estimate of drug-likeness (QED) is 0.453. The normalized spacial score (nSPS) is 12.2. The highest BCUT2D eigenvalue weighted by atomic mass is 79.9. The zero-order chi connectivity index (χ0) is 21.8. The van der Waals surface area contributed by atoms with Crippen LogP contribution in [0.1, 0.15) is 35.6 Å². The molecule has 3 aromatic rings. The van der Waals surface area contributed by atoms with Crippen LogP contribution in [0.3, 0.4) is 0 Å². The first-order valence-corrected chi connectivity index (χ1v) is 10.7. The Kier molecular flexibility index (Phi) is 7.28. The zero-order valence-corrected chi connectivity index (χ0v) is 19.4. The van der Waals surface area contributed by atoms with Crippen LogP contribution in [0, 0.1) is 0 Å². The number of carbonyl (C=O) groups is 1. The summed E-state index contributed by atoms with van der Waals surface area (Å²) in [6, 6.07) is 11.8. The molecular weight excluding hydrogens is 470 g/mol. The number of aromatic nitrogens is 2. The lowest BCUT2D eigenvalue weighted by Gasteiger charge is -2.30. The Labute approximate surface area is 188 Å². The van der Waals surface area contributed by atoms with Crippen molar-refractivity contribution in [2.75, 3.05) is 20.3 Å². The molecule has 0 fully saturated rings. The van der Waals surface area contributed by atoms with Crippen molar-refractivity contribution in [2.45, 2.75) is 19.4 Å². The van der Waals surface area contributed by atoms with Gasteiger partial charge in [-0.3, -0.25) is 14.2 Å². The summed E-state index contributed by atoms with van der Waals surface area (Å²) in [4.78, 5) is 32.6. The van der Waals surface area contributed by atoms with Gasteiger partial charge < -0.3 is 9.64 Å². The Bertz CT molecular complexity index is 1130. The summed E-state index contributed by atoms with van der Waals surface area (Å²) < 4.78 is 7.49. The number of ether oxygens (including phenoxy) is 1. The second-order valence-electron chi connectivity index (χ2n) is 7.03. The molecule has 0 aliphatic carbocycles. The van der Waals surface area contributed by atoms with Crippen LogP contribution in [-0.4, -0.2) is 40.6 Å². The molecule has 1 aromatic heterocycles. The van der Waals surface area contributed by atoms with E-state index in [2.05, 4.69) is 20.9 Å². The third-order valence-electron chi connectivity index (χ3n) is 4.99. The minimum Gasteiger partial charge on any atom is -0.385 e. The van der Waals surface area contributed by atoms with Crippen LogP contribution >= 0.6 is 27.5 Å². The van der Waals surface area contributed by atoms with Gasteiger partial charge in [0, 0.05) is 42.4 Å². The van der Waals surface area contributed by atoms with Crippen molar-refractivity contribution in [2.24, 2.45) is 7.05 Å². The molecule has 3 rings (SSSR count). The van der Waals surface area contributed by atoms with Gasteiger partial charge in [0.15, 0.2) is 0 Å². The summed E-state index contributed by atoms with van der Waals surface area (Å²) in [5.41, 5.74) is 0.895. The first-order chi connectivity index (χ1) is 14.3. The van der Waals surface area contributed by atoms with Crippen LogP contribution in [0.4, 0.5) is 0 Å². The van der Waals surface area contributed by atoms with Gasteiger partial charge in [-0.25, -0.2) is 4.98 Å². The first kappa shape index (κ1) is 22.5. The monoisotopic (exact) mass is 491 g/mol. The summed E-state index contributed by atoms with van der Waals surface area (Å²) >= 11 is 9.52. The number of hydrogen-bond donors (Lipinski definition) is 0. The molecule has 0 saturated heterocycles. The Morgan fingerprint density at radius 3 is 2.77 bits per heavy atom. The molecular formula is C22H23BrClN3O3. The summed E-state index contributed by atoms with van der Waals surface area (Å²) in [5, 5.41) is 0.992. The van der Waals surface area contributed by atoms with Crippen molar-refractivity contribution in [3.63, 3.8) is 0 Å². The van der Waals surface area contributed by atoms with Gasteiger partial charge in [-0.05, 0) is 49.7 Å². The molecule has 30 heavy (non-hydrogen) atoms. The van der Waals surface area contributed by atoms with E-state index in [0.29, 0.717) is 46.9 Å². The lowest BCUT2D eigenvalue weighted by Crippen LogP contribution is -2.38. The average molecular weight is 493 g/mol. The summed E-state index contributed by atoms with van der Waals surface area (Å²) in [7, 11) is 3.30. The highest BCUT2D eigenvalue weighted by molar-refractivity contribution is 9.10. The number of hydrogen-bond acceptors (Lipinski definition) is 4. The van der Waals surface area contributed by atoms with Gasteiger partial charge in [-0.1, -0.05) is 33.6 Å². The average Bonchev–Trinajstić information content (AvgIpc) is 2.73. The van der Waals surface area contributed by atoms with E-state index >= 15 is 0 Å². The minimum atomic E-state index is -0.436. The smallest absolute Gasteiger partial charge is 0.261 e. The molecule has 6 nitrogen and oxygen atoms in total. The lowest BCUT2D eigenvalue weighted by atomic mass is 10.1. The van der Waals surface area contributed by atoms with Crippen LogP contribution in [0.5, 0.6) is 0 Å². The predicted molar refractivity (Wildman–Crippen MR) is 122 cm³/mol. The maximum absolute atomic E-state index is 13.3. The fourth-order valence-corrected chi connectivity index (χ4v) is 3.98. The zero-order valence-electron chi connectivity index (χ0n) is 17.1. The second kappa shape index (κ2) is 9.73. The summed E-state index contributed by atoms with van der Waals surface area (Å²) in [6.07, 6.45) is 0.661. The van der Waals surface area contributed by atoms with Gasteiger partial charge in [0.2, 0.25) is 0 Å². The Morgan fingerprint density at radius 2 is 2.07 bits per heavy atom. The van der Waals surface area contributed by atoms with Crippen LogP contribution in [0.2, 0.25) is 5.02 Å². The second-order valence-corrected chi connectivity index (χ2v) is 8.38. The number of amides is 1. The highest BCUT2D eigenvalue weighted by Crippen LogP contribution is 2.24. The van der Waals surface area contributed by atoms with E-state index in [-0.39, 0.29) is 11.5 Å². The Morgan fingerprint density at radius 1 is 1.30 bits per heavy atom. The molecule has 0 N–H and O–H groups in total. The van der Waals surface area contributed by atoms with Crippen LogP contribution in [0.25, 0.3) is 10.9 Å². The van der Waals surface area contributed by atoms with Crippen molar-refractivity contribution in [1.82, 2.24) is 14.5 Å². The molecule has 8 heteroatoms. The number of halogens is 2. The summed E-state index contributed by atoms with van der Waals surface area (Å²) in [5.74, 6) is 0.357. The molecule has 0 spiro atoms. The van der Waals surface area contributed by atoms with Gasteiger partial charge in [0.25, 0.3) is 11.5 Å². The van der Waals surface area contributed by atoms with Gasteiger partial charge in [-0.2, -0.15) is 0 Å². The topological polar surface area (TPSA) is 64.4 Å². The molecule has 1 atom stereocenters. The fourth-order valence-electron chi connectivity index (χ4n) is 3.41. The van der Waals surface area contributed by atoms with Crippen molar-refractivity contribution in [1.29, 1.82) is 0 Å². The van der Waals surface area contributed by atoms with Crippen LogP contribution < -0.4 is 5.56 Å². The number of fused-ring (bicyclic) bond motifs is 1. The van der Waals surface area contributed by atoms with Crippen molar-refractivity contribution < 1.29 is 9.53 Å². The van der Waals surface area contributed by atoms with E-state index in [0.717, 1.165) is 4.47 Å². The number of benzene rings is 2.